The maximum absolute atomic E-state index is 10.6. The Morgan fingerprint density at radius 3 is 2.56 bits per heavy atom. The van der Waals surface area contributed by atoms with E-state index in [4.69, 9.17) is 21.1 Å². The van der Waals surface area contributed by atoms with E-state index in [2.05, 4.69) is 4.90 Å². The lowest BCUT2D eigenvalue weighted by Gasteiger charge is -2.28. The van der Waals surface area contributed by atoms with Crippen molar-refractivity contribution in [1.29, 1.82) is 0 Å². The predicted molar refractivity (Wildman–Crippen MR) is 99.5 cm³/mol. The zero-order chi connectivity index (χ0) is 17.7. The first-order valence-electron chi connectivity index (χ1n) is 8.55. The Balaban J connectivity index is 1.45. The van der Waals surface area contributed by atoms with Crippen molar-refractivity contribution in [3.63, 3.8) is 0 Å². The molecular formula is C20H24ClNO3. The molecule has 1 aliphatic heterocycles. The van der Waals surface area contributed by atoms with E-state index in [9.17, 15) is 5.11 Å². The van der Waals surface area contributed by atoms with Gasteiger partial charge in [-0.1, -0.05) is 29.8 Å². The summed E-state index contributed by atoms with van der Waals surface area (Å²) in [6.45, 7) is 4.32. The minimum atomic E-state index is -0.912. The molecule has 2 aromatic carbocycles. The normalized spacial score (nSPS) is 20.2. The van der Waals surface area contributed by atoms with Gasteiger partial charge in [-0.2, -0.15) is 0 Å². The number of nitrogens with zero attached hydrogens (tertiary/aromatic N) is 1. The average Bonchev–Trinajstić information content (AvgIpc) is 3.02. The van der Waals surface area contributed by atoms with Crippen LogP contribution in [-0.2, 0) is 0 Å². The van der Waals surface area contributed by atoms with Crippen LogP contribution in [0.3, 0.4) is 0 Å². The summed E-state index contributed by atoms with van der Waals surface area (Å²) in [5, 5.41) is 11.3. The Morgan fingerprint density at radius 1 is 1.12 bits per heavy atom. The number of para-hydroxylation sites is 1. The molecule has 1 N–H and O–H groups in total. The Kier molecular flexibility index (Phi) is 5.84. The van der Waals surface area contributed by atoms with Gasteiger partial charge in [-0.3, -0.25) is 4.90 Å². The van der Waals surface area contributed by atoms with Crippen LogP contribution in [0.1, 0.15) is 13.3 Å². The number of ether oxygens (including phenoxy) is 2. The van der Waals surface area contributed by atoms with E-state index in [0.717, 1.165) is 31.0 Å². The Bertz CT molecular complexity index is 660. The summed E-state index contributed by atoms with van der Waals surface area (Å²) in [5.74, 6) is 1.60. The molecule has 1 heterocycles. The Morgan fingerprint density at radius 2 is 1.84 bits per heavy atom. The molecule has 3 rings (SSSR count). The lowest BCUT2D eigenvalue weighted by molar-refractivity contribution is -0.0143. The van der Waals surface area contributed by atoms with Gasteiger partial charge in [0, 0.05) is 24.7 Å². The van der Waals surface area contributed by atoms with Gasteiger partial charge in [0.1, 0.15) is 29.8 Å². The molecule has 2 unspecified atom stereocenters. The molecule has 1 saturated heterocycles. The fourth-order valence-electron chi connectivity index (χ4n) is 3.03. The van der Waals surface area contributed by atoms with E-state index in [1.165, 1.54) is 0 Å². The summed E-state index contributed by atoms with van der Waals surface area (Å²) in [5.41, 5.74) is -0.912. The number of rotatable bonds is 7. The highest BCUT2D eigenvalue weighted by atomic mass is 35.5. The Labute approximate surface area is 153 Å². The third kappa shape index (κ3) is 5.63. The molecule has 0 amide bonds. The number of likely N-dealkylation sites (tertiary alicyclic amines) is 1. The molecule has 1 aliphatic rings. The summed E-state index contributed by atoms with van der Waals surface area (Å²) in [7, 11) is 0. The summed E-state index contributed by atoms with van der Waals surface area (Å²) in [6.07, 6.45) is 1.07. The fraction of sp³-hybridized carbons (Fsp3) is 0.400. The smallest absolute Gasteiger partial charge is 0.119 e. The van der Waals surface area contributed by atoms with Gasteiger partial charge in [-0.25, -0.2) is 0 Å². The highest BCUT2D eigenvalue weighted by Crippen LogP contribution is 2.22. The molecule has 0 saturated carbocycles. The summed E-state index contributed by atoms with van der Waals surface area (Å²) >= 11 is 5.89. The number of hydrogen-bond donors (Lipinski definition) is 1. The fourth-order valence-corrected chi connectivity index (χ4v) is 3.15. The lowest BCUT2D eigenvalue weighted by Crippen LogP contribution is -2.44. The molecule has 25 heavy (non-hydrogen) atoms. The second kappa shape index (κ2) is 8.09. The van der Waals surface area contributed by atoms with Gasteiger partial charge in [0.15, 0.2) is 0 Å². The molecule has 2 atom stereocenters. The zero-order valence-corrected chi connectivity index (χ0v) is 15.2. The topological polar surface area (TPSA) is 41.9 Å². The highest BCUT2D eigenvalue weighted by molar-refractivity contribution is 6.30. The summed E-state index contributed by atoms with van der Waals surface area (Å²) in [4.78, 5) is 2.22. The molecule has 0 bridgehead atoms. The minimum absolute atomic E-state index is 0.131. The standard InChI is InChI=1S/C20H24ClNO3/c1-20(23,15-24-17-5-3-2-4-6-17)14-22-12-11-19(13-22)25-18-9-7-16(21)8-10-18/h2-10,19,23H,11-15H2,1H3. The van der Waals surface area contributed by atoms with Crippen molar-refractivity contribution >= 4 is 11.6 Å². The van der Waals surface area contributed by atoms with Crippen molar-refractivity contribution in [2.75, 3.05) is 26.2 Å². The predicted octanol–water partition coefficient (Wildman–Crippen LogP) is 3.62. The molecule has 0 aromatic heterocycles. The third-order valence-electron chi connectivity index (χ3n) is 4.20. The molecule has 134 valence electrons. The molecule has 0 spiro atoms. The minimum Gasteiger partial charge on any atom is -0.491 e. The Hall–Kier alpha value is -1.75. The van der Waals surface area contributed by atoms with Crippen molar-refractivity contribution < 1.29 is 14.6 Å². The van der Waals surface area contributed by atoms with Crippen molar-refractivity contribution in [1.82, 2.24) is 4.90 Å². The van der Waals surface area contributed by atoms with Crippen LogP contribution in [0.2, 0.25) is 5.02 Å². The van der Waals surface area contributed by atoms with Crippen molar-refractivity contribution in [3.8, 4) is 11.5 Å². The molecule has 4 nitrogen and oxygen atoms in total. The van der Waals surface area contributed by atoms with Gasteiger partial charge >= 0.3 is 0 Å². The number of aliphatic hydroxyl groups is 1. The molecule has 1 fully saturated rings. The van der Waals surface area contributed by atoms with E-state index in [1.807, 2.05) is 61.5 Å². The van der Waals surface area contributed by atoms with Crippen LogP contribution in [0, 0.1) is 0 Å². The molecular weight excluding hydrogens is 338 g/mol. The maximum Gasteiger partial charge on any atom is 0.119 e. The lowest BCUT2D eigenvalue weighted by atomic mass is 10.1. The van der Waals surface area contributed by atoms with E-state index in [0.29, 0.717) is 11.6 Å². The molecule has 5 heteroatoms. The van der Waals surface area contributed by atoms with Gasteiger partial charge in [-0.15, -0.1) is 0 Å². The van der Waals surface area contributed by atoms with Crippen LogP contribution in [-0.4, -0.2) is 48.0 Å². The quantitative estimate of drug-likeness (QED) is 0.817. The van der Waals surface area contributed by atoms with Gasteiger partial charge in [0.2, 0.25) is 0 Å². The monoisotopic (exact) mass is 361 g/mol. The maximum atomic E-state index is 10.6. The zero-order valence-electron chi connectivity index (χ0n) is 14.4. The number of halogens is 1. The van der Waals surface area contributed by atoms with E-state index in [-0.39, 0.29) is 12.7 Å². The number of β-amino-alcohol motifs (C(OH)–C–C–N with tert-alkyl or cyclic N) is 1. The van der Waals surface area contributed by atoms with Gasteiger partial charge < -0.3 is 14.6 Å². The first kappa shape index (κ1) is 18.1. The first-order chi connectivity index (χ1) is 12.0. The van der Waals surface area contributed by atoms with Crippen LogP contribution in [0.5, 0.6) is 11.5 Å². The highest BCUT2D eigenvalue weighted by Gasteiger charge is 2.31. The SMILES string of the molecule is CC(O)(COc1ccccc1)CN1CCC(Oc2ccc(Cl)cc2)C1. The van der Waals surface area contributed by atoms with Gasteiger partial charge in [0.05, 0.1) is 0 Å². The van der Waals surface area contributed by atoms with Gasteiger partial charge in [-0.05, 0) is 49.7 Å². The second-order valence-electron chi connectivity index (χ2n) is 6.82. The number of benzene rings is 2. The largest absolute Gasteiger partial charge is 0.491 e. The van der Waals surface area contributed by atoms with Crippen LogP contribution in [0.4, 0.5) is 0 Å². The van der Waals surface area contributed by atoms with Crippen LogP contribution < -0.4 is 9.47 Å². The van der Waals surface area contributed by atoms with Crippen molar-refractivity contribution in [2.45, 2.75) is 25.0 Å². The second-order valence-corrected chi connectivity index (χ2v) is 7.25. The van der Waals surface area contributed by atoms with Crippen LogP contribution in [0.15, 0.2) is 54.6 Å². The average molecular weight is 362 g/mol. The summed E-state index contributed by atoms with van der Waals surface area (Å²) in [6, 6.07) is 17.0. The van der Waals surface area contributed by atoms with E-state index in [1.54, 1.807) is 0 Å². The van der Waals surface area contributed by atoms with Gasteiger partial charge in [0.25, 0.3) is 0 Å². The van der Waals surface area contributed by atoms with E-state index >= 15 is 0 Å². The van der Waals surface area contributed by atoms with Crippen molar-refractivity contribution in [2.24, 2.45) is 0 Å². The van der Waals surface area contributed by atoms with Crippen LogP contribution in [0.25, 0.3) is 0 Å². The number of hydrogen-bond acceptors (Lipinski definition) is 4. The molecule has 0 aliphatic carbocycles. The van der Waals surface area contributed by atoms with Crippen molar-refractivity contribution in [3.05, 3.63) is 59.6 Å². The summed E-state index contributed by atoms with van der Waals surface area (Å²) < 4.78 is 11.7. The third-order valence-corrected chi connectivity index (χ3v) is 4.45. The first-order valence-corrected chi connectivity index (χ1v) is 8.93. The molecule has 0 radical (unpaired) electrons. The van der Waals surface area contributed by atoms with Crippen LogP contribution >= 0.6 is 11.6 Å². The van der Waals surface area contributed by atoms with E-state index < -0.39 is 5.60 Å². The molecule has 2 aromatic rings.